The van der Waals surface area contributed by atoms with E-state index in [1.165, 1.54) is 0 Å². The van der Waals surface area contributed by atoms with Gasteiger partial charge in [0.1, 0.15) is 10.4 Å². The lowest BCUT2D eigenvalue weighted by atomic mass is 10.0. The number of hydrogen-bond acceptors (Lipinski definition) is 3. The van der Waals surface area contributed by atoms with Crippen LogP contribution in [-0.4, -0.2) is 24.5 Å². The summed E-state index contributed by atoms with van der Waals surface area (Å²) in [7, 11) is 1.65. The van der Waals surface area contributed by atoms with Crippen molar-refractivity contribution in [3.05, 3.63) is 52.3 Å². The molecule has 0 fully saturated rings. The Morgan fingerprint density at radius 3 is 2.95 bits per heavy atom. The van der Waals surface area contributed by atoms with Crippen LogP contribution >= 0.6 is 15.9 Å². The van der Waals surface area contributed by atoms with Crippen molar-refractivity contribution in [2.24, 2.45) is 0 Å². The van der Waals surface area contributed by atoms with Gasteiger partial charge in [0.2, 0.25) is 0 Å². The van der Waals surface area contributed by atoms with Crippen molar-refractivity contribution in [3.63, 3.8) is 0 Å². The number of halogens is 1. The highest BCUT2D eigenvalue weighted by Crippen LogP contribution is 2.31. The van der Waals surface area contributed by atoms with Gasteiger partial charge < -0.3 is 9.64 Å². The third-order valence-electron chi connectivity index (χ3n) is 3.62. The van der Waals surface area contributed by atoms with Gasteiger partial charge in [-0.25, -0.2) is 4.98 Å². The van der Waals surface area contributed by atoms with Crippen LogP contribution in [0, 0.1) is 0 Å². The summed E-state index contributed by atoms with van der Waals surface area (Å²) in [6.07, 6.45) is 3.56. The van der Waals surface area contributed by atoms with Crippen molar-refractivity contribution in [2.75, 3.05) is 18.6 Å². The molecule has 0 unspecified atom stereocenters. The second-order valence-electron chi connectivity index (χ2n) is 4.92. The number of aryl methyl sites for hydroxylation is 1. The number of anilines is 1. The highest BCUT2D eigenvalue weighted by molar-refractivity contribution is 9.10. The number of methoxy groups -OCH3 is 1. The van der Waals surface area contributed by atoms with Gasteiger partial charge in [0.05, 0.1) is 7.11 Å². The molecule has 108 valence electrons. The Labute approximate surface area is 131 Å². The zero-order valence-corrected chi connectivity index (χ0v) is 13.3. The van der Waals surface area contributed by atoms with Crippen LogP contribution in [0.3, 0.4) is 0 Å². The van der Waals surface area contributed by atoms with Gasteiger partial charge in [-0.05, 0) is 64.7 Å². The predicted molar refractivity (Wildman–Crippen MR) is 84.9 cm³/mol. The van der Waals surface area contributed by atoms with E-state index in [0.717, 1.165) is 36.4 Å². The third-order valence-corrected chi connectivity index (χ3v) is 4.06. The molecule has 0 radical (unpaired) electrons. The lowest BCUT2D eigenvalue weighted by Gasteiger charge is -2.29. The van der Waals surface area contributed by atoms with E-state index in [-0.39, 0.29) is 5.91 Å². The van der Waals surface area contributed by atoms with Gasteiger partial charge in [0.25, 0.3) is 5.91 Å². The molecule has 21 heavy (non-hydrogen) atoms. The average Bonchev–Trinajstić information content (AvgIpc) is 2.53. The fourth-order valence-electron chi connectivity index (χ4n) is 2.60. The largest absolute Gasteiger partial charge is 0.497 e. The first-order chi connectivity index (χ1) is 10.2. The molecular formula is C16H15BrN2O2. The van der Waals surface area contributed by atoms with Gasteiger partial charge in [-0.2, -0.15) is 0 Å². The van der Waals surface area contributed by atoms with E-state index >= 15 is 0 Å². The molecule has 0 bridgehead atoms. The van der Waals surface area contributed by atoms with Crippen LogP contribution in [0.4, 0.5) is 5.69 Å². The van der Waals surface area contributed by atoms with Crippen LogP contribution in [0.15, 0.2) is 41.1 Å². The van der Waals surface area contributed by atoms with Crippen molar-refractivity contribution in [3.8, 4) is 5.75 Å². The predicted octanol–water partition coefficient (Wildman–Crippen LogP) is 3.45. The van der Waals surface area contributed by atoms with E-state index in [0.29, 0.717) is 10.2 Å². The second-order valence-corrected chi connectivity index (χ2v) is 5.73. The number of benzene rings is 1. The Hall–Kier alpha value is -1.88. The molecule has 0 spiro atoms. The Kier molecular flexibility index (Phi) is 3.92. The van der Waals surface area contributed by atoms with E-state index in [2.05, 4.69) is 20.9 Å². The van der Waals surface area contributed by atoms with Crippen LogP contribution in [0.5, 0.6) is 5.75 Å². The first kappa shape index (κ1) is 14.1. The lowest BCUT2D eigenvalue weighted by Crippen LogP contribution is -2.35. The van der Waals surface area contributed by atoms with Gasteiger partial charge >= 0.3 is 0 Å². The average molecular weight is 347 g/mol. The summed E-state index contributed by atoms with van der Waals surface area (Å²) in [6, 6.07) is 9.36. The van der Waals surface area contributed by atoms with E-state index in [4.69, 9.17) is 4.74 Å². The SMILES string of the molecule is COc1ccc2c(c1)CCCN2C(=O)c1ccnc(Br)c1. The standard InChI is InChI=1S/C16H15BrN2O2/c1-21-13-4-5-14-11(9-13)3-2-8-19(14)16(20)12-6-7-18-15(17)10-12/h4-7,9-10H,2-3,8H2,1H3. The van der Waals surface area contributed by atoms with Gasteiger partial charge in [-0.3, -0.25) is 4.79 Å². The molecule has 1 aliphatic heterocycles. The van der Waals surface area contributed by atoms with Crippen LogP contribution in [-0.2, 0) is 6.42 Å². The maximum absolute atomic E-state index is 12.7. The van der Waals surface area contributed by atoms with E-state index < -0.39 is 0 Å². The summed E-state index contributed by atoms with van der Waals surface area (Å²) in [5.74, 6) is 0.832. The lowest BCUT2D eigenvalue weighted by molar-refractivity contribution is 0.0985. The zero-order valence-electron chi connectivity index (χ0n) is 11.7. The molecule has 1 aromatic carbocycles. The highest BCUT2D eigenvalue weighted by atomic mass is 79.9. The molecule has 0 saturated heterocycles. The van der Waals surface area contributed by atoms with Gasteiger partial charge in [-0.1, -0.05) is 0 Å². The number of nitrogens with zero attached hydrogens (tertiary/aromatic N) is 2. The number of carbonyl (C=O) groups excluding carboxylic acids is 1. The summed E-state index contributed by atoms with van der Waals surface area (Å²) >= 11 is 3.31. The van der Waals surface area contributed by atoms with Gasteiger partial charge in [-0.15, -0.1) is 0 Å². The molecule has 1 aliphatic rings. The van der Waals surface area contributed by atoms with Gasteiger partial charge in [0, 0.05) is 24.0 Å². The monoisotopic (exact) mass is 346 g/mol. The molecule has 5 heteroatoms. The number of hydrogen-bond donors (Lipinski definition) is 0. The summed E-state index contributed by atoms with van der Waals surface area (Å²) in [6.45, 7) is 0.734. The number of rotatable bonds is 2. The van der Waals surface area contributed by atoms with E-state index in [9.17, 15) is 4.79 Å². The zero-order chi connectivity index (χ0) is 14.8. The molecule has 0 atom stereocenters. The minimum Gasteiger partial charge on any atom is -0.497 e. The molecule has 4 nitrogen and oxygen atoms in total. The van der Waals surface area contributed by atoms with E-state index in [1.807, 2.05) is 23.1 Å². The van der Waals surface area contributed by atoms with Crippen molar-refractivity contribution < 1.29 is 9.53 Å². The molecular weight excluding hydrogens is 332 g/mol. The topological polar surface area (TPSA) is 42.4 Å². The summed E-state index contributed by atoms with van der Waals surface area (Å²) in [5, 5.41) is 0. The van der Waals surface area contributed by atoms with Crippen LogP contribution < -0.4 is 9.64 Å². The number of fused-ring (bicyclic) bond motifs is 1. The van der Waals surface area contributed by atoms with E-state index in [1.54, 1.807) is 25.4 Å². The van der Waals surface area contributed by atoms with Crippen LogP contribution in [0.25, 0.3) is 0 Å². The first-order valence-electron chi connectivity index (χ1n) is 6.79. The molecule has 0 saturated carbocycles. The van der Waals surface area contributed by atoms with Crippen molar-refractivity contribution >= 4 is 27.5 Å². The first-order valence-corrected chi connectivity index (χ1v) is 7.58. The number of pyridine rings is 1. The quantitative estimate of drug-likeness (QED) is 0.782. The number of carbonyl (C=O) groups is 1. The number of aromatic nitrogens is 1. The molecule has 0 N–H and O–H groups in total. The van der Waals surface area contributed by atoms with Crippen LogP contribution in [0.1, 0.15) is 22.3 Å². The maximum Gasteiger partial charge on any atom is 0.258 e. The van der Waals surface area contributed by atoms with Crippen molar-refractivity contribution in [1.82, 2.24) is 4.98 Å². The normalized spacial score (nSPS) is 13.7. The molecule has 2 heterocycles. The van der Waals surface area contributed by atoms with Crippen LogP contribution in [0.2, 0.25) is 0 Å². The Bertz CT molecular complexity index is 688. The molecule has 2 aromatic rings. The maximum atomic E-state index is 12.7. The Morgan fingerprint density at radius 2 is 2.19 bits per heavy atom. The van der Waals surface area contributed by atoms with Gasteiger partial charge in [0.15, 0.2) is 0 Å². The minimum atomic E-state index is 0.00390. The fraction of sp³-hybridized carbons (Fsp3) is 0.250. The molecule has 1 aromatic heterocycles. The number of ether oxygens (including phenoxy) is 1. The minimum absolute atomic E-state index is 0.00390. The highest BCUT2D eigenvalue weighted by Gasteiger charge is 2.24. The summed E-state index contributed by atoms with van der Waals surface area (Å²) in [5.41, 5.74) is 2.77. The Balaban J connectivity index is 1.96. The second kappa shape index (κ2) is 5.85. The summed E-state index contributed by atoms with van der Waals surface area (Å²) in [4.78, 5) is 18.6. The Morgan fingerprint density at radius 1 is 1.33 bits per heavy atom. The van der Waals surface area contributed by atoms with Crippen molar-refractivity contribution in [1.29, 1.82) is 0 Å². The molecule has 1 amide bonds. The molecule has 3 rings (SSSR count). The number of amides is 1. The smallest absolute Gasteiger partial charge is 0.258 e. The third kappa shape index (κ3) is 2.78. The van der Waals surface area contributed by atoms with Crippen molar-refractivity contribution in [2.45, 2.75) is 12.8 Å². The fourth-order valence-corrected chi connectivity index (χ4v) is 2.97. The summed E-state index contributed by atoms with van der Waals surface area (Å²) < 4.78 is 5.93. The molecule has 0 aliphatic carbocycles.